The summed E-state index contributed by atoms with van der Waals surface area (Å²) in [5.41, 5.74) is 1.50. The van der Waals surface area contributed by atoms with E-state index in [1.54, 1.807) is 24.3 Å². The van der Waals surface area contributed by atoms with E-state index in [0.717, 1.165) is 17.7 Å². The van der Waals surface area contributed by atoms with E-state index in [4.69, 9.17) is 4.74 Å². The molecule has 3 aromatic carbocycles. The molecule has 0 aliphatic heterocycles. The molecule has 3 aromatic rings. The molecular formula is C19H14FNO3. The summed E-state index contributed by atoms with van der Waals surface area (Å²) in [7, 11) is 0. The number of nitrogens with zero attached hydrogens (tertiary/aromatic N) is 1. The fourth-order valence-corrected chi connectivity index (χ4v) is 2.43. The van der Waals surface area contributed by atoms with Crippen molar-refractivity contribution in [3.05, 3.63) is 94.3 Å². The fourth-order valence-electron chi connectivity index (χ4n) is 2.43. The molecule has 0 radical (unpaired) electrons. The minimum Gasteiger partial charge on any atom is -0.488 e. The summed E-state index contributed by atoms with van der Waals surface area (Å²) in [6, 6.07) is 19.9. The van der Waals surface area contributed by atoms with Gasteiger partial charge >= 0.3 is 0 Å². The molecule has 3 rings (SSSR count). The molecule has 5 heteroatoms. The van der Waals surface area contributed by atoms with Crippen LogP contribution in [0.4, 0.5) is 10.1 Å². The molecule has 0 saturated heterocycles. The molecule has 0 aliphatic rings. The highest BCUT2D eigenvalue weighted by atomic mass is 19.1. The van der Waals surface area contributed by atoms with Gasteiger partial charge in [0.2, 0.25) is 0 Å². The summed E-state index contributed by atoms with van der Waals surface area (Å²) in [5, 5.41) is 11.2. The van der Waals surface area contributed by atoms with Gasteiger partial charge in [-0.1, -0.05) is 48.5 Å². The van der Waals surface area contributed by atoms with E-state index < -0.39 is 10.7 Å². The van der Waals surface area contributed by atoms with Crippen molar-refractivity contribution in [3.8, 4) is 16.9 Å². The quantitative estimate of drug-likeness (QED) is 0.491. The summed E-state index contributed by atoms with van der Waals surface area (Å²) in [4.78, 5) is 10.7. The van der Waals surface area contributed by atoms with Gasteiger partial charge in [0.05, 0.1) is 10.5 Å². The summed E-state index contributed by atoms with van der Waals surface area (Å²) in [6.45, 7) is 0.320. The minimum atomic E-state index is -0.534. The average Bonchev–Trinajstić information content (AvgIpc) is 2.61. The van der Waals surface area contributed by atoms with Gasteiger partial charge in [-0.15, -0.1) is 0 Å². The third-order valence-corrected chi connectivity index (χ3v) is 3.57. The van der Waals surface area contributed by atoms with Crippen LogP contribution in [0.25, 0.3) is 11.1 Å². The maximum atomic E-state index is 13.6. The fraction of sp³-hybridized carbons (Fsp3) is 0.0526. The van der Waals surface area contributed by atoms with Crippen molar-refractivity contribution in [1.82, 2.24) is 0 Å². The Morgan fingerprint density at radius 2 is 1.62 bits per heavy atom. The number of benzene rings is 3. The maximum absolute atomic E-state index is 13.6. The second-order valence-corrected chi connectivity index (χ2v) is 5.19. The Bertz CT molecular complexity index is 865. The second kappa shape index (κ2) is 6.91. The number of nitro groups is 1. The van der Waals surface area contributed by atoms with Crippen molar-refractivity contribution in [1.29, 1.82) is 0 Å². The number of rotatable bonds is 5. The Hall–Kier alpha value is -3.21. The summed E-state index contributed by atoms with van der Waals surface area (Å²) in [5.74, 6) is -0.0662. The van der Waals surface area contributed by atoms with Crippen molar-refractivity contribution in [3.63, 3.8) is 0 Å². The zero-order valence-electron chi connectivity index (χ0n) is 12.7. The predicted octanol–water partition coefficient (Wildman–Crippen LogP) is 4.98. The van der Waals surface area contributed by atoms with Crippen LogP contribution in [0.2, 0.25) is 0 Å². The van der Waals surface area contributed by atoms with Gasteiger partial charge < -0.3 is 4.74 Å². The second-order valence-electron chi connectivity index (χ2n) is 5.19. The Kier molecular flexibility index (Phi) is 4.52. The Balaban J connectivity index is 1.98. The molecule has 0 amide bonds. The van der Waals surface area contributed by atoms with Crippen LogP contribution in [-0.4, -0.2) is 4.92 Å². The molecule has 0 saturated carbocycles. The monoisotopic (exact) mass is 323 g/mol. The van der Waals surface area contributed by atoms with E-state index in [-0.39, 0.29) is 11.3 Å². The highest BCUT2D eigenvalue weighted by Crippen LogP contribution is 2.36. The van der Waals surface area contributed by atoms with E-state index in [9.17, 15) is 14.5 Å². The number of hydrogen-bond acceptors (Lipinski definition) is 3. The van der Waals surface area contributed by atoms with Crippen molar-refractivity contribution in [2.24, 2.45) is 0 Å². The smallest absolute Gasteiger partial charge is 0.277 e. The Morgan fingerprint density at radius 3 is 2.38 bits per heavy atom. The van der Waals surface area contributed by atoms with Gasteiger partial charge in [0, 0.05) is 11.6 Å². The van der Waals surface area contributed by atoms with Crippen molar-refractivity contribution in [2.45, 2.75) is 6.61 Å². The highest BCUT2D eigenvalue weighted by Gasteiger charge is 2.19. The first-order valence-corrected chi connectivity index (χ1v) is 7.35. The Morgan fingerprint density at radius 1 is 0.917 bits per heavy atom. The van der Waals surface area contributed by atoms with Gasteiger partial charge in [0.15, 0.2) is 0 Å². The molecule has 0 unspecified atom stereocenters. The molecule has 24 heavy (non-hydrogen) atoms. The summed E-state index contributed by atoms with van der Waals surface area (Å²) in [6.07, 6.45) is 0. The van der Waals surface area contributed by atoms with Crippen molar-refractivity contribution < 1.29 is 14.1 Å². The number of para-hydroxylation sites is 1. The summed E-state index contributed by atoms with van der Waals surface area (Å²) < 4.78 is 19.4. The molecule has 0 heterocycles. The van der Waals surface area contributed by atoms with Crippen LogP contribution in [0.15, 0.2) is 72.8 Å². The minimum absolute atomic E-state index is 0.160. The van der Waals surface area contributed by atoms with Gasteiger partial charge in [-0.3, -0.25) is 10.1 Å². The predicted molar refractivity (Wildman–Crippen MR) is 89.3 cm³/mol. The van der Waals surface area contributed by atoms with Crippen LogP contribution >= 0.6 is 0 Å². The van der Waals surface area contributed by atoms with Crippen LogP contribution in [0.5, 0.6) is 5.75 Å². The van der Waals surface area contributed by atoms with Crippen molar-refractivity contribution >= 4 is 5.69 Å². The van der Waals surface area contributed by atoms with Gasteiger partial charge in [0.25, 0.3) is 5.69 Å². The normalized spacial score (nSPS) is 10.4. The molecule has 4 nitrogen and oxygen atoms in total. The summed E-state index contributed by atoms with van der Waals surface area (Å²) >= 11 is 0. The molecule has 120 valence electrons. The van der Waals surface area contributed by atoms with Crippen LogP contribution < -0.4 is 4.74 Å². The highest BCUT2D eigenvalue weighted by molar-refractivity contribution is 5.78. The van der Waals surface area contributed by atoms with Gasteiger partial charge in [-0.05, 0) is 23.8 Å². The van der Waals surface area contributed by atoms with Crippen molar-refractivity contribution in [2.75, 3.05) is 0 Å². The topological polar surface area (TPSA) is 52.4 Å². The third-order valence-electron chi connectivity index (χ3n) is 3.57. The van der Waals surface area contributed by atoms with Crippen LogP contribution in [0, 0.1) is 15.9 Å². The number of halogens is 1. The lowest BCUT2D eigenvalue weighted by atomic mass is 10.0. The standard InChI is InChI=1S/C19H14FNO3/c20-15-10-11-18(21(22)23)17(12-15)16-8-4-5-9-19(16)24-13-14-6-2-1-3-7-14/h1-12H,13H2. The lowest BCUT2D eigenvalue weighted by Crippen LogP contribution is -1.98. The third kappa shape index (κ3) is 3.41. The Labute approximate surface area is 138 Å². The van der Waals surface area contributed by atoms with Crippen LogP contribution in [0.3, 0.4) is 0 Å². The molecular weight excluding hydrogens is 309 g/mol. The van der Waals surface area contributed by atoms with E-state index >= 15 is 0 Å². The van der Waals surface area contributed by atoms with Crippen LogP contribution in [0.1, 0.15) is 5.56 Å². The van der Waals surface area contributed by atoms with Gasteiger partial charge in [-0.25, -0.2) is 4.39 Å². The van der Waals surface area contributed by atoms with E-state index in [1.807, 2.05) is 30.3 Å². The van der Waals surface area contributed by atoms with E-state index in [1.165, 1.54) is 6.07 Å². The molecule has 0 aliphatic carbocycles. The largest absolute Gasteiger partial charge is 0.488 e. The number of ether oxygens (including phenoxy) is 1. The molecule has 0 atom stereocenters. The van der Waals surface area contributed by atoms with Crippen LogP contribution in [-0.2, 0) is 6.61 Å². The first-order chi connectivity index (χ1) is 11.6. The number of hydrogen-bond donors (Lipinski definition) is 0. The number of nitro benzene ring substituents is 1. The lowest BCUT2D eigenvalue weighted by molar-refractivity contribution is -0.384. The average molecular weight is 323 g/mol. The zero-order chi connectivity index (χ0) is 16.9. The van der Waals surface area contributed by atoms with Gasteiger partial charge in [0.1, 0.15) is 18.2 Å². The van der Waals surface area contributed by atoms with Gasteiger partial charge in [-0.2, -0.15) is 0 Å². The molecule has 0 N–H and O–H groups in total. The lowest BCUT2D eigenvalue weighted by Gasteiger charge is -2.12. The van der Waals surface area contributed by atoms with E-state index in [0.29, 0.717) is 17.9 Å². The first-order valence-electron chi connectivity index (χ1n) is 7.35. The van der Waals surface area contributed by atoms with E-state index in [2.05, 4.69) is 0 Å². The maximum Gasteiger partial charge on any atom is 0.277 e. The molecule has 0 bridgehead atoms. The molecule has 0 fully saturated rings. The molecule has 0 aromatic heterocycles. The first kappa shape index (κ1) is 15.7. The SMILES string of the molecule is O=[N+]([O-])c1ccc(F)cc1-c1ccccc1OCc1ccccc1. The zero-order valence-corrected chi connectivity index (χ0v) is 12.7. The molecule has 0 spiro atoms.